The number of ether oxygens (including phenoxy) is 2. The first-order chi connectivity index (χ1) is 22.4. The molecule has 2 N–H and O–H groups in total. The Balaban J connectivity index is 1.30. The molecule has 1 aromatic carbocycles. The highest BCUT2D eigenvalue weighted by molar-refractivity contribution is 5.82. The zero-order chi connectivity index (χ0) is 34.0. The monoisotopic (exact) mass is 654 g/mol. The van der Waals surface area contributed by atoms with E-state index in [1.54, 1.807) is 52.5 Å². The first-order valence-electron chi connectivity index (χ1n) is 16.4. The van der Waals surface area contributed by atoms with Gasteiger partial charge in [0.15, 0.2) is 0 Å². The third-order valence-electron chi connectivity index (χ3n) is 8.57. The van der Waals surface area contributed by atoms with Gasteiger partial charge in [0.2, 0.25) is 11.8 Å². The van der Waals surface area contributed by atoms with Crippen LogP contribution >= 0.6 is 0 Å². The second kappa shape index (κ2) is 16.6. The standard InChI is InChI=1S/C35H47FN4O7/c1-35(2,3)47-34(45)39-16-12-24(13-17-39)6-11-31(41)40-15-4-5-26(23-40)33(44)38-30(20-32(42)43)28-19-27(21-37-22-28)25-7-9-29(10-8-25)46-18-14-36/h7-10,19,21-22,24,26,30H,4-6,11-18,20,23H2,1-3H3,(H,38,44)(H,42,43)/t26-,30+/m1/s1. The van der Waals surface area contributed by atoms with E-state index in [0.29, 0.717) is 56.1 Å². The quantitative estimate of drug-likeness (QED) is 0.311. The number of carboxylic acid groups (broad SMARTS) is 1. The van der Waals surface area contributed by atoms with Crippen molar-refractivity contribution in [3.8, 4) is 16.9 Å². The fourth-order valence-electron chi connectivity index (χ4n) is 6.06. The number of carbonyl (C=O) groups is 4. The second-order valence-corrected chi connectivity index (χ2v) is 13.4. The van der Waals surface area contributed by atoms with Crippen LogP contribution in [0.1, 0.15) is 77.3 Å². The molecule has 2 fully saturated rings. The van der Waals surface area contributed by atoms with Gasteiger partial charge in [-0.1, -0.05) is 12.1 Å². The predicted molar refractivity (Wildman–Crippen MR) is 173 cm³/mol. The molecule has 47 heavy (non-hydrogen) atoms. The van der Waals surface area contributed by atoms with Crippen molar-refractivity contribution in [1.29, 1.82) is 0 Å². The van der Waals surface area contributed by atoms with Crippen LogP contribution in [0.3, 0.4) is 0 Å². The van der Waals surface area contributed by atoms with Gasteiger partial charge in [-0.25, -0.2) is 9.18 Å². The summed E-state index contributed by atoms with van der Waals surface area (Å²) in [5.74, 6) is -0.913. The lowest BCUT2D eigenvalue weighted by Crippen LogP contribution is -2.46. The molecule has 4 rings (SSSR count). The average Bonchev–Trinajstić information content (AvgIpc) is 3.05. The lowest BCUT2D eigenvalue weighted by molar-refractivity contribution is -0.138. The maximum Gasteiger partial charge on any atom is 0.410 e. The number of nitrogens with zero attached hydrogens (tertiary/aromatic N) is 3. The number of rotatable bonds is 12. The first kappa shape index (κ1) is 35.6. The van der Waals surface area contributed by atoms with Gasteiger partial charge in [0.1, 0.15) is 24.6 Å². The Morgan fingerprint density at radius 1 is 1.02 bits per heavy atom. The fourth-order valence-corrected chi connectivity index (χ4v) is 6.06. The maximum absolute atomic E-state index is 13.4. The van der Waals surface area contributed by atoms with Crippen molar-refractivity contribution in [2.45, 2.75) is 77.4 Å². The van der Waals surface area contributed by atoms with Crippen LogP contribution in [0.2, 0.25) is 0 Å². The molecule has 12 heteroatoms. The van der Waals surface area contributed by atoms with E-state index in [-0.39, 0.29) is 37.5 Å². The van der Waals surface area contributed by atoms with Gasteiger partial charge in [0, 0.05) is 50.6 Å². The summed E-state index contributed by atoms with van der Waals surface area (Å²) in [6.45, 7) is 7.02. The van der Waals surface area contributed by atoms with Crippen LogP contribution in [0.4, 0.5) is 9.18 Å². The van der Waals surface area contributed by atoms with Gasteiger partial charge in [-0.2, -0.15) is 0 Å². The molecule has 256 valence electrons. The van der Waals surface area contributed by atoms with Crippen LogP contribution in [0.15, 0.2) is 42.7 Å². The minimum absolute atomic E-state index is 0.0113. The van der Waals surface area contributed by atoms with Crippen LogP contribution in [-0.4, -0.2) is 88.8 Å². The SMILES string of the molecule is CC(C)(C)OC(=O)N1CCC(CCC(=O)N2CCC[C@@H](C(=O)N[C@@H](CC(=O)O)c3cncc(-c4ccc(OCCF)cc4)c3)C2)CC1. The molecule has 0 spiro atoms. The second-order valence-electron chi connectivity index (χ2n) is 13.4. The first-order valence-corrected chi connectivity index (χ1v) is 16.4. The molecule has 2 aliphatic heterocycles. The van der Waals surface area contributed by atoms with E-state index >= 15 is 0 Å². The molecule has 0 unspecified atom stereocenters. The Bertz CT molecular complexity index is 1370. The van der Waals surface area contributed by atoms with Crippen LogP contribution in [0, 0.1) is 11.8 Å². The fraction of sp³-hybridized carbons (Fsp3) is 0.571. The number of piperidine rings is 2. The molecule has 0 bridgehead atoms. The average molecular weight is 655 g/mol. The molecule has 2 aliphatic rings. The highest BCUT2D eigenvalue weighted by Crippen LogP contribution is 2.28. The van der Waals surface area contributed by atoms with E-state index in [4.69, 9.17) is 9.47 Å². The summed E-state index contributed by atoms with van der Waals surface area (Å²) in [5.41, 5.74) is 1.56. The molecule has 2 saturated heterocycles. The molecule has 3 heterocycles. The van der Waals surface area contributed by atoms with Gasteiger partial charge in [0.25, 0.3) is 0 Å². The molecule has 3 amide bonds. The van der Waals surface area contributed by atoms with Crippen molar-refractivity contribution in [3.63, 3.8) is 0 Å². The van der Waals surface area contributed by atoms with Gasteiger partial charge < -0.3 is 29.7 Å². The number of amides is 3. The summed E-state index contributed by atoms with van der Waals surface area (Å²) in [6, 6.07) is 8.04. The summed E-state index contributed by atoms with van der Waals surface area (Å²) in [4.78, 5) is 58.5. The Morgan fingerprint density at radius 2 is 1.74 bits per heavy atom. The van der Waals surface area contributed by atoms with Crippen molar-refractivity contribution < 1.29 is 38.1 Å². The number of pyridine rings is 1. The summed E-state index contributed by atoms with van der Waals surface area (Å²) >= 11 is 0. The van der Waals surface area contributed by atoms with E-state index in [0.717, 1.165) is 30.4 Å². The van der Waals surface area contributed by atoms with Crippen molar-refractivity contribution in [2.75, 3.05) is 39.5 Å². The Hall–Kier alpha value is -4.22. The van der Waals surface area contributed by atoms with E-state index in [9.17, 15) is 28.7 Å². The molecular weight excluding hydrogens is 607 g/mol. The maximum atomic E-state index is 13.4. The molecule has 0 saturated carbocycles. The minimum atomic E-state index is -1.06. The summed E-state index contributed by atoms with van der Waals surface area (Å²) < 4.78 is 23.2. The Kier molecular flexibility index (Phi) is 12.6. The lowest BCUT2D eigenvalue weighted by atomic mass is 9.91. The van der Waals surface area contributed by atoms with E-state index in [1.165, 1.54) is 0 Å². The van der Waals surface area contributed by atoms with Crippen LogP contribution in [0.25, 0.3) is 11.1 Å². The number of hydrogen-bond acceptors (Lipinski definition) is 7. The van der Waals surface area contributed by atoms with Crippen molar-refractivity contribution in [3.05, 3.63) is 48.3 Å². The zero-order valence-corrected chi connectivity index (χ0v) is 27.6. The summed E-state index contributed by atoms with van der Waals surface area (Å²) in [7, 11) is 0. The normalized spacial score (nSPS) is 17.9. The summed E-state index contributed by atoms with van der Waals surface area (Å²) in [6.07, 6.45) is 6.61. The highest BCUT2D eigenvalue weighted by atomic mass is 19.1. The molecule has 0 radical (unpaired) electrons. The number of benzene rings is 1. The van der Waals surface area contributed by atoms with Gasteiger partial charge in [-0.05, 0) is 88.1 Å². The van der Waals surface area contributed by atoms with Crippen LogP contribution in [0.5, 0.6) is 5.75 Å². The molecule has 0 aliphatic carbocycles. The van der Waals surface area contributed by atoms with Crippen molar-refractivity contribution in [1.82, 2.24) is 20.1 Å². The lowest BCUT2D eigenvalue weighted by Gasteiger charge is -2.35. The van der Waals surface area contributed by atoms with Crippen molar-refractivity contribution in [2.24, 2.45) is 11.8 Å². The van der Waals surface area contributed by atoms with E-state index in [1.807, 2.05) is 20.8 Å². The molecule has 1 aromatic heterocycles. The third-order valence-corrected chi connectivity index (χ3v) is 8.57. The molecule has 2 aromatic rings. The van der Waals surface area contributed by atoms with Gasteiger partial charge in [-0.15, -0.1) is 0 Å². The third kappa shape index (κ3) is 10.9. The number of likely N-dealkylation sites (tertiary alicyclic amines) is 2. The largest absolute Gasteiger partial charge is 0.491 e. The van der Waals surface area contributed by atoms with Gasteiger partial charge >= 0.3 is 12.1 Å². The van der Waals surface area contributed by atoms with Crippen LogP contribution in [-0.2, 0) is 19.1 Å². The summed E-state index contributed by atoms with van der Waals surface area (Å²) in [5, 5.41) is 12.6. The number of hydrogen-bond donors (Lipinski definition) is 2. The number of carbonyl (C=O) groups excluding carboxylic acids is 3. The zero-order valence-electron chi connectivity index (χ0n) is 27.6. The van der Waals surface area contributed by atoms with Crippen LogP contribution < -0.4 is 10.1 Å². The topological polar surface area (TPSA) is 138 Å². The smallest absolute Gasteiger partial charge is 0.410 e. The predicted octanol–water partition coefficient (Wildman–Crippen LogP) is 5.39. The van der Waals surface area contributed by atoms with Gasteiger partial charge in [0.05, 0.1) is 18.4 Å². The molecule has 2 atom stereocenters. The molecular formula is C35H47FN4O7. The number of carboxylic acids is 1. The number of aliphatic carboxylic acids is 1. The Labute approximate surface area is 275 Å². The van der Waals surface area contributed by atoms with E-state index < -0.39 is 30.2 Å². The van der Waals surface area contributed by atoms with Crippen molar-refractivity contribution >= 4 is 23.9 Å². The molecule has 11 nitrogen and oxygen atoms in total. The van der Waals surface area contributed by atoms with Gasteiger partial charge in [-0.3, -0.25) is 19.4 Å². The number of halogens is 1. The minimum Gasteiger partial charge on any atom is -0.491 e. The number of aromatic nitrogens is 1. The highest BCUT2D eigenvalue weighted by Gasteiger charge is 2.32. The Morgan fingerprint density at radius 3 is 2.40 bits per heavy atom. The van der Waals surface area contributed by atoms with E-state index in [2.05, 4.69) is 10.3 Å². The number of nitrogens with one attached hydrogen (secondary N) is 1. The number of alkyl halides is 1.